The number of hydrogen-bond acceptors (Lipinski definition) is 2. The van der Waals surface area contributed by atoms with E-state index in [0.717, 1.165) is 12.6 Å². The van der Waals surface area contributed by atoms with E-state index in [0.29, 0.717) is 18.5 Å². The molecule has 0 saturated heterocycles. The third-order valence-corrected chi connectivity index (χ3v) is 4.59. The van der Waals surface area contributed by atoms with Crippen LogP contribution in [0.1, 0.15) is 57.1 Å². The van der Waals surface area contributed by atoms with Gasteiger partial charge >= 0.3 is 0 Å². The van der Waals surface area contributed by atoms with Crippen LogP contribution in [0.2, 0.25) is 0 Å². The molecule has 0 aliphatic heterocycles. The third-order valence-electron chi connectivity index (χ3n) is 4.59. The van der Waals surface area contributed by atoms with Gasteiger partial charge in [-0.1, -0.05) is 43.5 Å². The highest BCUT2D eigenvalue weighted by molar-refractivity contribution is 5.78. The Kier molecular flexibility index (Phi) is 6.90. The number of hydrogen-bond donors (Lipinski definition) is 2. The van der Waals surface area contributed by atoms with Gasteiger partial charge in [0.1, 0.15) is 0 Å². The van der Waals surface area contributed by atoms with E-state index < -0.39 is 0 Å². The summed E-state index contributed by atoms with van der Waals surface area (Å²) in [6.07, 6.45) is 6.82. The van der Waals surface area contributed by atoms with Crippen LogP contribution in [0.15, 0.2) is 29.3 Å². The fourth-order valence-electron chi connectivity index (χ4n) is 3.30. The number of nitrogens with two attached hydrogens (primary N) is 1. The Morgan fingerprint density at radius 3 is 2.52 bits per heavy atom. The van der Waals surface area contributed by atoms with Crippen molar-refractivity contribution in [2.24, 2.45) is 10.7 Å². The maximum absolute atomic E-state index is 5.92. The minimum absolute atomic E-state index is 0.312. The van der Waals surface area contributed by atoms with Crippen molar-refractivity contribution in [3.63, 3.8) is 0 Å². The zero-order valence-corrected chi connectivity index (χ0v) is 14.9. The van der Waals surface area contributed by atoms with Gasteiger partial charge in [0.15, 0.2) is 5.96 Å². The quantitative estimate of drug-likeness (QED) is 0.625. The standard InChI is InChI=1S/C19H32N4/c1-15(2)22-19(20)21-13-16-9-7-8-10-17(16)14-23(3)18-11-5-4-6-12-18/h7-10,15,18H,4-6,11-14H2,1-3H3,(H3,20,21,22). The Morgan fingerprint density at radius 1 is 1.22 bits per heavy atom. The molecule has 1 aromatic rings. The Morgan fingerprint density at radius 2 is 1.87 bits per heavy atom. The topological polar surface area (TPSA) is 53.6 Å². The molecule has 0 spiro atoms. The second-order valence-electron chi connectivity index (χ2n) is 6.98. The first-order chi connectivity index (χ1) is 11.1. The molecule has 128 valence electrons. The van der Waals surface area contributed by atoms with Gasteiger partial charge in [0, 0.05) is 18.6 Å². The number of guanidine groups is 1. The Balaban J connectivity index is 1.99. The van der Waals surface area contributed by atoms with E-state index in [1.54, 1.807) is 0 Å². The first kappa shape index (κ1) is 17.8. The van der Waals surface area contributed by atoms with Gasteiger partial charge < -0.3 is 11.1 Å². The van der Waals surface area contributed by atoms with Gasteiger partial charge in [-0.2, -0.15) is 0 Å². The summed E-state index contributed by atoms with van der Waals surface area (Å²) in [6.45, 7) is 5.76. The summed E-state index contributed by atoms with van der Waals surface area (Å²) in [4.78, 5) is 6.99. The van der Waals surface area contributed by atoms with Gasteiger partial charge in [-0.15, -0.1) is 0 Å². The molecule has 0 aromatic heterocycles. The van der Waals surface area contributed by atoms with Gasteiger partial charge in [-0.3, -0.25) is 4.90 Å². The van der Waals surface area contributed by atoms with Crippen molar-refractivity contribution in [3.8, 4) is 0 Å². The van der Waals surface area contributed by atoms with Crippen LogP contribution in [0, 0.1) is 0 Å². The van der Waals surface area contributed by atoms with Gasteiger partial charge in [0.05, 0.1) is 6.54 Å². The number of aliphatic imine (C=N–C) groups is 1. The molecule has 1 aromatic carbocycles. The molecule has 0 amide bonds. The van der Waals surface area contributed by atoms with Crippen molar-refractivity contribution in [2.75, 3.05) is 7.05 Å². The third kappa shape index (κ3) is 5.87. The average Bonchev–Trinajstić information content (AvgIpc) is 2.54. The molecule has 2 rings (SSSR count). The van der Waals surface area contributed by atoms with Crippen LogP contribution >= 0.6 is 0 Å². The molecule has 23 heavy (non-hydrogen) atoms. The average molecular weight is 316 g/mol. The normalized spacial score (nSPS) is 17.0. The SMILES string of the molecule is CC(C)NC(N)=NCc1ccccc1CN(C)C1CCCCC1. The lowest BCUT2D eigenvalue weighted by atomic mass is 9.94. The van der Waals surface area contributed by atoms with E-state index in [9.17, 15) is 0 Å². The van der Waals surface area contributed by atoms with Crippen LogP contribution < -0.4 is 11.1 Å². The Bertz CT molecular complexity index is 504. The largest absolute Gasteiger partial charge is 0.370 e. The highest BCUT2D eigenvalue weighted by Crippen LogP contribution is 2.23. The minimum atomic E-state index is 0.312. The summed E-state index contributed by atoms with van der Waals surface area (Å²) < 4.78 is 0. The summed E-state index contributed by atoms with van der Waals surface area (Å²) in [5.41, 5.74) is 8.55. The fourth-order valence-corrected chi connectivity index (χ4v) is 3.30. The van der Waals surface area contributed by atoms with E-state index in [-0.39, 0.29) is 0 Å². The highest BCUT2D eigenvalue weighted by atomic mass is 15.1. The van der Waals surface area contributed by atoms with Gasteiger partial charge in [-0.05, 0) is 44.9 Å². The highest BCUT2D eigenvalue weighted by Gasteiger charge is 2.18. The lowest BCUT2D eigenvalue weighted by Gasteiger charge is -2.31. The first-order valence-corrected chi connectivity index (χ1v) is 8.89. The Hall–Kier alpha value is -1.55. The molecular weight excluding hydrogens is 284 g/mol. The number of nitrogens with zero attached hydrogens (tertiary/aromatic N) is 2. The van der Waals surface area contributed by atoms with Gasteiger partial charge in [0.25, 0.3) is 0 Å². The van der Waals surface area contributed by atoms with E-state index in [2.05, 4.69) is 60.4 Å². The van der Waals surface area contributed by atoms with Crippen LogP contribution in [0.3, 0.4) is 0 Å². The van der Waals surface area contributed by atoms with Crippen molar-refractivity contribution in [1.29, 1.82) is 0 Å². The fraction of sp³-hybridized carbons (Fsp3) is 0.632. The smallest absolute Gasteiger partial charge is 0.189 e. The number of benzene rings is 1. The monoisotopic (exact) mass is 316 g/mol. The van der Waals surface area contributed by atoms with Crippen molar-refractivity contribution in [2.45, 2.75) is 71.1 Å². The molecular formula is C19H32N4. The molecule has 1 aliphatic carbocycles. The van der Waals surface area contributed by atoms with Crippen molar-refractivity contribution in [1.82, 2.24) is 10.2 Å². The summed E-state index contributed by atoms with van der Waals surface area (Å²) in [6, 6.07) is 9.62. The summed E-state index contributed by atoms with van der Waals surface area (Å²) in [5, 5.41) is 3.14. The Labute approximate surface area is 141 Å². The van der Waals surface area contributed by atoms with E-state index in [1.165, 1.54) is 43.2 Å². The maximum Gasteiger partial charge on any atom is 0.189 e. The van der Waals surface area contributed by atoms with Gasteiger partial charge in [-0.25, -0.2) is 4.99 Å². The van der Waals surface area contributed by atoms with Crippen LogP contribution in [-0.2, 0) is 13.1 Å². The second kappa shape index (κ2) is 8.92. The molecule has 3 N–H and O–H groups in total. The molecule has 1 fully saturated rings. The molecule has 0 radical (unpaired) electrons. The van der Waals surface area contributed by atoms with E-state index in [1.807, 2.05) is 0 Å². The predicted molar refractivity (Wildman–Crippen MR) is 98.4 cm³/mol. The summed E-state index contributed by atoms with van der Waals surface area (Å²) >= 11 is 0. The van der Waals surface area contributed by atoms with Crippen LogP contribution in [0.4, 0.5) is 0 Å². The van der Waals surface area contributed by atoms with Crippen LogP contribution in [0.5, 0.6) is 0 Å². The maximum atomic E-state index is 5.92. The number of nitrogens with one attached hydrogen (secondary N) is 1. The van der Waals surface area contributed by atoms with Crippen molar-refractivity contribution in [3.05, 3.63) is 35.4 Å². The molecule has 0 heterocycles. The van der Waals surface area contributed by atoms with Crippen LogP contribution in [0.25, 0.3) is 0 Å². The molecule has 4 heteroatoms. The lowest BCUT2D eigenvalue weighted by Crippen LogP contribution is -2.36. The molecule has 4 nitrogen and oxygen atoms in total. The zero-order chi connectivity index (χ0) is 16.7. The first-order valence-electron chi connectivity index (χ1n) is 8.89. The molecule has 0 bridgehead atoms. The zero-order valence-electron chi connectivity index (χ0n) is 14.9. The van der Waals surface area contributed by atoms with E-state index in [4.69, 9.17) is 5.73 Å². The molecule has 0 unspecified atom stereocenters. The van der Waals surface area contributed by atoms with E-state index >= 15 is 0 Å². The number of rotatable bonds is 6. The molecule has 1 aliphatic rings. The van der Waals surface area contributed by atoms with Crippen molar-refractivity contribution < 1.29 is 0 Å². The van der Waals surface area contributed by atoms with Crippen LogP contribution in [-0.4, -0.2) is 30.0 Å². The molecule has 0 atom stereocenters. The molecule has 1 saturated carbocycles. The second-order valence-corrected chi connectivity index (χ2v) is 6.98. The minimum Gasteiger partial charge on any atom is -0.370 e. The lowest BCUT2D eigenvalue weighted by molar-refractivity contribution is 0.184. The predicted octanol–water partition coefficient (Wildman–Crippen LogP) is 3.26. The summed E-state index contributed by atoms with van der Waals surface area (Å²) in [7, 11) is 2.25. The van der Waals surface area contributed by atoms with Gasteiger partial charge in [0.2, 0.25) is 0 Å². The van der Waals surface area contributed by atoms with Crippen molar-refractivity contribution >= 4 is 5.96 Å². The summed E-state index contributed by atoms with van der Waals surface area (Å²) in [5.74, 6) is 0.524.